The molecule has 2 aromatic rings. The monoisotopic (exact) mass is 456 g/mol. The van der Waals surface area contributed by atoms with Gasteiger partial charge in [0, 0.05) is 35.7 Å². The molecule has 0 amide bonds. The molecule has 0 aliphatic carbocycles. The van der Waals surface area contributed by atoms with Crippen molar-refractivity contribution < 1.29 is 14.6 Å². The van der Waals surface area contributed by atoms with Gasteiger partial charge in [0.25, 0.3) is 0 Å². The molecule has 2 rings (SSSR count). The summed E-state index contributed by atoms with van der Waals surface area (Å²) in [5, 5.41) is 16.0. The second-order valence-corrected chi connectivity index (χ2v) is 7.18. The zero-order valence-electron chi connectivity index (χ0n) is 15.4. The van der Waals surface area contributed by atoms with E-state index in [1.807, 2.05) is 43.3 Å². The van der Waals surface area contributed by atoms with Gasteiger partial charge in [-0.25, -0.2) is 0 Å². The second-order valence-electron chi connectivity index (χ2n) is 5.89. The summed E-state index contributed by atoms with van der Waals surface area (Å²) in [5.74, 6) is 1.43. The molecular formula is C20H26BrClN2O3. The average molecular weight is 458 g/mol. The van der Waals surface area contributed by atoms with Gasteiger partial charge in [-0.1, -0.05) is 39.7 Å². The first-order chi connectivity index (χ1) is 13.1. The van der Waals surface area contributed by atoms with E-state index in [2.05, 4.69) is 26.6 Å². The number of nitrogens with one attached hydrogen (secondary N) is 2. The quantitative estimate of drug-likeness (QED) is 0.424. The fourth-order valence-electron chi connectivity index (χ4n) is 2.44. The van der Waals surface area contributed by atoms with Crippen LogP contribution in [0.5, 0.6) is 11.5 Å². The van der Waals surface area contributed by atoms with E-state index in [1.165, 1.54) is 0 Å². The van der Waals surface area contributed by atoms with Crippen LogP contribution < -0.4 is 20.1 Å². The van der Waals surface area contributed by atoms with Crippen molar-refractivity contribution in [2.75, 3.05) is 32.8 Å². The number of hydrogen-bond acceptors (Lipinski definition) is 5. The Labute approximate surface area is 174 Å². The minimum absolute atomic E-state index is 0.154. The summed E-state index contributed by atoms with van der Waals surface area (Å²) in [5.41, 5.74) is 2.14. The topological polar surface area (TPSA) is 62.8 Å². The van der Waals surface area contributed by atoms with Gasteiger partial charge in [-0.05, 0) is 42.3 Å². The Morgan fingerprint density at radius 2 is 1.70 bits per heavy atom. The first-order valence-corrected chi connectivity index (χ1v) is 10.2. The summed E-state index contributed by atoms with van der Waals surface area (Å²) in [6, 6.07) is 11.5. The van der Waals surface area contributed by atoms with E-state index in [4.69, 9.17) is 26.2 Å². The molecule has 2 aromatic carbocycles. The Kier molecular flexibility index (Phi) is 9.94. The standard InChI is InChI=1S/C20H26BrClN2O3/c1-2-26-19-11-16(13-24-8-7-23-9-10-25)18(21)12-20(19)27-14-15-3-5-17(22)6-4-15/h3-6,11-12,23-25H,2,7-10,13-14H2,1H3. The zero-order chi connectivity index (χ0) is 19.5. The van der Waals surface area contributed by atoms with Crippen LogP contribution in [0, 0.1) is 0 Å². The molecule has 27 heavy (non-hydrogen) atoms. The highest BCUT2D eigenvalue weighted by Gasteiger charge is 2.11. The van der Waals surface area contributed by atoms with E-state index < -0.39 is 0 Å². The number of ether oxygens (including phenoxy) is 2. The van der Waals surface area contributed by atoms with Gasteiger partial charge in [0.15, 0.2) is 11.5 Å². The lowest BCUT2D eigenvalue weighted by atomic mass is 10.2. The fraction of sp³-hybridized carbons (Fsp3) is 0.400. The van der Waals surface area contributed by atoms with Gasteiger partial charge in [-0.2, -0.15) is 0 Å². The van der Waals surface area contributed by atoms with E-state index in [0.29, 0.717) is 37.1 Å². The molecule has 0 spiro atoms. The third-order valence-electron chi connectivity index (χ3n) is 3.80. The maximum Gasteiger partial charge on any atom is 0.162 e. The minimum atomic E-state index is 0.154. The highest BCUT2D eigenvalue weighted by atomic mass is 79.9. The lowest BCUT2D eigenvalue weighted by molar-refractivity contribution is 0.269. The van der Waals surface area contributed by atoms with Gasteiger partial charge in [0.05, 0.1) is 13.2 Å². The summed E-state index contributed by atoms with van der Waals surface area (Å²) in [7, 11) is 0. The number of benzene rings is 2. The van der Waals surface area contributed by atoms with E-state index in [1.54, 1.807) is 0 Å². The van der Waals surface area contributed by atoms with E-state index in [9.17, 15) is 0 Å². The van der Waals surface area contributed by atoms with Crippen molar-refractivity contribution in [3.63, 3.8) is 0 Å². The number of halogens is 2. The summed E-state index contributed by atoms with van der Waals surface area (Å²) >= 11 is 9.54. The lowest BCUT2D eigenvalue weighted by Gasteiger charge is -2.15. The van der Waals surface area contributed by atoms with Crippen molar-refractivity contribution >= 4 is 27.5 Å². The van der Waals surface area contributed by atoms with Crippen LogP contribution in [-0.4, -0.2) is 38.0 Å². The van der Waals surface area contributed by atoms with Crippen molar-refractivity contribution in [2.24, 2.45) is 0 Å². The van der Waals surface area contributed by atoms with E-state index >= 15 is 0 Å². The van der Waals surface area contributed by atoms with Crippen molar-refractivity contribution in [3.05, 3.63) is 57.0 Å². The highest BCUT2D eigenvalue weighted by Crippen LogP contribution is 2.34. The van der Waals surface area contributed by atoms with Crippen molar-refractivity contribution in [1.82, 2.24) is 10.6 Å². The van der Waals surface area contributed by atoms with Gasteiger partial charge in [0.1, 0.15) is 6.61 Å². The molecule has 3 N–H and O–H groups in total. The van der Waals surface area contributed by atoms with Crippen LogP contribution in [0.2, 0.25) is 5.02 Å². The van der Waals surface area contributed by atoms with Gasteiger partial charge in [-0.15, -0.1) is 0 Å². The molecule has 5 nitrogen and oxygen atoms in total. The molecule has 0 saturated heterocycles. The Balaban J connectivity index is 1.98. The fourth-order valence-corrected chi connectivity index (χ4v) is 3.03. The van der Waals surface area contributed by atoms with Crippen LogP contribution >= 0.6 is 27.5 Å². The maximum absolute atomic E-state index is 8.75. The van der Waals surface area contributed by atoms with Crippen molar-refractivity contribution in [2.45, 2.75) is 20.1 Å². The zero-order valence-corrected chi connectivity index (χ0v) is 17.8. The summed E-state index contributed by atoms with van der Waals surface area (Å²) < 4.78 is 12.7. The lowest BCUT2D eigenvalue weighted by Crippen LogP contribution is -2.28. The third kappa shape index (κ3) is 7.68. The van der Waals surface area contributed by atoms with E-state index in [-0.39, 0.29) is 6.61 Å². The van der Waals surface area contributed by atoms with Crippen molar-refractivity contribution in [1.29, 1.82) is 0 Å². The smallest absolute Gasteiger partial charge is 0.162 e. The number of aliphatic hydroxyl groups is 1. The highest BCUT2D eigenvalue weighted by molar-refractivity contribution is 9.10. The Morgan fingerprint density at radius 3 is 2.41 bits per heavy atom. The summed E-state index contributed by atoms with van der Waals surface area (Å²) in [6.07, 6.45) is 0. The molecule has 0 heterocycles. The molecule has 7 heteroatoms. The molecule has 0 aromatic heterocycles. The molecule has 0 unspecified atom stereocenters. The number of aliphatic hydroxyl groups excluding tert-OH is 1. The van der Waals surface area contributed by atoms with Crippen LogP contribution in [0.25, 0.3) is 0 Å². The Hall–Kier alpha value is -1.31. The normalized spacial score (nSPS) is 10.8. The molecule has 0 saturated carbocycles. The van der Waals surface area contributed by atoms with Crippen LogP contribution in [0.15, 0.2) is 40.9 Å². The molecule has 0 radical (unpaired) electrons. The van der Waals surface area contributed by atoms with Gasteiger partial charge in [0.2, 0.25) is 0 Å². The largest absolute Gasteiger partial charge is 0.490 e. The summed E-state index contributed by atoms with van der Waals surface area (Å²) in [6.45, 7) is 6.05. The second kappa shape index (κ2) is 12.2. The molecular weight excluding hydrogens is 432 g/mol. The molecule has 0 fully saturated rings. The first kappa shape index (κ1) is 22.0. The predicted molar refractivity (Wildman–Crippen MR) is 113 cm³/mol. The van der Waals surface area contributed by atoms with Gasteiger partial charge >= 0.3 is 0 Å². The number of rotatable bonds is 12. The SMILES string of the molecule is CCOc1cc(CNCCNCCO)c(Br)cc1OCc1ccc(Cl)cc1. The Morgan fingerprint density at radius 1 is 1.00 bits per heavy atom. The third-order valence-corrected chi connectivity index (χ3v) is 4.79. The van der Waals surface area contributed by atoms with Crippen LogP contribution in [0.4, 0.5) is 0 Å². The molecule has 0 aliphatic heterocycles. The molecule has 0 aliphatic rings. The maximum atomic E-state index is 8.75. The van der Waals surface area contributed by atoms with E-state index in [0.717, 1.165) is 34.4 Å². The molecule has 0 atom stereocenters. The first-order valence-electron chi connectivity index (χ1n) is 8.98. The molecule has 148 valence electrons. The molecule has 0 bridgehead atoms. The van der Waals surface area contributed by atoms with Crippen LogP contribution in [0.3, 0.4) is 0 Å². The predicted octanol–water partition coefficient (Wildman–Crippen LogP) is 3.75. The van der Waals surface area contributed by atoms with Crippen LogP contribution in [0.1, 0.15) is 18.1 Å². The van der Waals surface area contributed by atoms with Gasteiger partial charge < -0.3 is 25.2 Å². The minimum Gasteiger partial charge on any atom is -0.490 e. The number of hydrogen-bond donors (Lipinski definition) is 3. The van der Waals surface area contributed by atoms with Crippen molar-refractivity contribution in [3.8, 4) is 11.5 Å². The van der Waals surface area contributed by atoms with Gasteiger partial charge in [-0.3, -0.25) is 0 Å². The Bertz CT molecular complexity index is 698. The van der Waals surface area contributed by atoms with Crippen LogP contribution in [-0.2, 0) is 13.2 Å². The average Bonchev–Trinajstić information content (AvgIpc) is 2.67. The summed E-state index contributed by atoms with van der Waals surface area (Å²) in [4.78, 5) is 0.